The monoisotopic (exact) mass is 185 g/mol. The molecule has 0 bridgehead atoms. The average molecular weight is 185 g/mol. The maximum absolute atomic E-state index is 6.05. The highest BCUT2D eigenvalue weighted by Crippen LogP contribution is 2.37. The van der Waals surface area contributed by atoms with Crippen LogP contribution in [0.1, 0.15) is 40.0 Å². The Morgan fingerprint density at radius 2 is 1.85 bits per heavy atom. The highest BCUT2D eigenvalue weighted by atomic mass is 16.5. The second-order valence-corrected chi connectivity index (χ2v) is 5.31. The Morgan fingerprint density at radius 3 is 2.23 bits per heavy atom. The first-order chi connectivity index (χ1) is 5.95. The van der Waals surface area contributed by atoms with Gasteiger partial charge in [0.1, 0.15) is 0 Å². The fraction of sp³-hybridized carbons (Fsp3) is 1.00. The summed E-state index contributed by atoms with van der Waals surface area (Å²) in [7, 11) is 1.77. The van der Waals surface area contributed by atoms with Gasteiger partial charge in [-0.15, -0.1) is 0 Å². The van der Waals surface area contributed by atoms with E-state index in [1.165, 1.54) is 6.42 Å². The molecule has 0 aliphatic heterocycles. The van der Waals surface area contributed by atoms with Crippen LogP contribution in [0.25, 0.3) is 0 Å². The topological polar surface area (TPSA) is 35.2 Å². The fourth-order valence-corrected chi connectivity index (χ4v) is 2.26. The normalized spacial score (nSPS) is 36.2. The van der Waals surface area contributed by atoms with Gasteiger partial charge in [-0.3, -0.25) is 0 Å². The molecule has 1 saturated carbocycles. The van der Waals surface area contributed by atoms with Gasteiger partial charge in [-0.25, -0.2) is 0 Å². The van der Waals surface area contributed by atoms with Crippen molar-refractivity contribution in [2.75, 3.05) is 7.11 Å². The molecule has 0 spiro atoms. The highest BCUT2D eigenvalue weighted by Gasteiger charge is 2.33. The maximum Gasteiger partial charge on any atom is 0.0722 e. The molecule has 1 fully saturated rings. The zero-order valence-corrected chi connectivity index (χ0v) is 9.34. The van der Waals surface area contributed by atoms with E-state index in [9.17, 15) is 0 Å². The predicted molar refractivity (Wildman–Crippen MR) is 55.6 cm³/mol. The van der Waals surface area contributed by atoms with Crippen molar-refractivity contribution in [1.82, 2.24) is 0 Å². The molecule has 3 atom stereocenters. The second-order valence-electron chi connectivity index (χ2n) is 5.31. The van der Waals surface area contributed by atoms with E-state index in [0.29, 0.717) is 11.5 Å². The van der Waals surface area contributed by atoms with E-state index in [4.69, 9.17) is 10.5 Å². The van der Waals surface area contributed by atoms with E-state index in [1.54, 1.807) is 7.11 Å². The van der Waals surface area contributed by atoms with Gasteiger partial charge in [0.05, 0.1) is 6.10 Å². The summed E-state index contributed by atoms with van der Waals surface area (Å²) in [5.41, 5.74) is 6.45. The number of rotatable bonds is 1. The first-order valence-corrected chi connectivity index (χ1v) is 5.23. The van der Waals surface area contributed by atoms with Crippen molar-refractivity contribution < 1.29 is 4.74 Å². The zero-order valence-electron chi connectivity index (χ0n) is 9.34. The molecule has 2 N–H and O–H groups in total. The second kappa shape index (κ2) is 3.97. The molecule has 2 heteroatoms. The molecule has 0 heterocycles. The molecule has 1 aliphatic rings. The molecular formula is C11H23NO. The average Bonchev–Trinajstić information content (AvgIpc) is 2.02. The Morgan fingerprint density at radius 1 is 1.23 bits per heavy atom. The van der Waals surface area contributed by atoms with E-state index >= 15 is 0 Å². The lowest BCUT2D eigenvalue weighted by Crippen LogP contribution is -2.44. The minimum absolute atomic E-state index is 0.239. The van der Waals surface area contributed by atoms with Crippen LogP contribution in [-0.4, -0.2) is 19.3 Å². The van der Waals surface area contributed by atoms with Crippen molar-refractivity contribution in [3.63, 3.8) is 0 Å². The van der Waals surface area contributed by atoms with E-state index < -0.39 is 0 Å². The Bertz CT molecular complexity index is 162. The molecule has 0 amide bonds. The highest BCUT2D eigenvalue weighted by molar-refractivity contribution is 4.88. The maximum atomic E-state index is 6.05. The summed E-state index contributed by atoms with van der Waals surface area (Å²) in [6, 6.07) is 0.239. The first-order valence-electron chi connectivity index (χ1n) is 5.23. The number of nitrogens with two attached hydrogens (primary N) is 1. The molecule has 13 heavy (non-hydrogen) atoms. The molecule has 2 nitrogen and oxygen atoms in total. The number of ether oxygens (including phenoxy) is 1. The minimum atomic E-state index is 0.239. The molecular weight excluding hydrogens is 162 g/mol. The SMILES string of the molecule is COC1CCC(C(C)(C)C)CC1N. The summed E-state index contributed by atoms with van der Waals surface area (Å²) >= 11 is 0. The van der Waals surface area contributed by atoms with Gasteiger partial charge in [0.25, 0.3) is 0 Å². The summed E-state index contributed by atoms with van der Waals surface area (Å²) in [6.45, 7) is 6.91. The van der Waals surface area contributed by atoms with E-state index in [-0.39, 0.29) is 6.04 Å². The smallest absolute Gasteiger partial charge is 0.0722 e. The third-order valence-corrected chi connectivity index (χ3v) is 3.36. The van der Waals surface area contributed by atoms with Crippen LogP contribution in [0.4, 0.5) is 0 Å². The summed E-state index contributed by atoms with van der Waals surface area (Å²) < 4.78 is 5.34. The van der Waals surface area contributed by atoms with Gasteiger partial charge in [0.2, 0.25) is 0 Å². The molecule has 0 aromatic rings. The fourth-order valence-electron chi connectivity index (χ4n) is 2.26. The Balaban J connectivity index is 2.51. The van der Waals surface area contributed by atoms with Crippen LogP contribution in [0.2, 0.25) is 0 Å². The van der Waals surface area contributed by atoms with Crippen LogP contribution in [0.15, 0.2) is 0 Å². The van der Waals surface area contributed by atoms with E-state index in [2.05, 4.69) is 20.8 Å². The van der Waals surface area contributed by atoms with Crippen molar-refractivity contribution in [1.29, 1.82) is 0 Å². The summed E-state index contributed by atoms with van der Waals surface area (Å²) in [6.07, 6.45) is 3.79. The molecule has 0 aromatic carbocycles. The number of hydrogen-bond donors (Lipinski definition) is 1. The Kier molecular flexibility index (Phi) is 3.36. The van der Waals surface area contributed by atoms with Crippen LogP contribution in [0, 0.1) is 11.3 Å². The number of hydrogen-bond acceptors (Lipinski definition) is 2. The molecule has 1 aliphatic carbocycles. The van der Waals surface area contributed by atoms with Crippen LogP contribution < -0.4 is 5.73 Å². The Labute approximate surface area is 81.8 Å². The summed E-state index contributed by atoms with van der Waals surface area (Å²) in [5.74, 6) is 0.758. The molecule has 0 radical (unpaired) electrons. The minimum Gasteiger partial charge on any atom is -0.380 e. The van der Waals surface area contributed by atoms with E-state index in [1.807, 2.05) is 0 Å². The summed E-state index contributed by atoms with van der Waals surface area (Å²) in [5, 5.41) is 0. The van der Waals surface area contributed by atoms with Gasteiger partial charge in [-0.05, 0) is 30.6 Å². The van der Waals surface area contributed by atoms with Crippen molar-refractivity contribution in [3.05, 3.63) is 0 Å². The van der Waals surface area contributed by atoms with Gasteiger partial charge in [0, 0.05) is 13.2 Å². The zero-order chi connectivity index (χ0) is 10.1. The molecule has 0 saturated heterocycles. The van der Waals surface area contributed by atoms with Gasteiger partial charge in [0.15, 0.2) is 0 Å². The first kappa shape index (κ1) is 11.0. The molecule has 1 rings (SSSR count). The van der Waals surface area contributed by atoms with Crippen LogP contribution in [-0.2, 0) is 4.74 Å². The third kappa shape index (κ3) is 2.68. The van der Waals surface area contributed by atoms with Crippen molar-refractivity contribution in [2.45, 2.75) is 52.2 Å². The predicted octanol–water partition coefficient (Wildman–Crippen LogP) is 2.17. The van der Waals surface area contributed by atoms with Crippen LogP contribution in [0.3, 0.4) is 0 Å². The lowest BCUT2D eigenvalue weighted by Gasteiger charge is -2.39. The van der Waals surface area contributed by atoms with Gasteiger partial charge in [-0.2, -0.15) is 0 Å². The molecule has 0 aromatic heterocycles. The third-order valence-electron chi connectivity index (χ3n) is 3.36. The van der Waals surface area contributed by atoms with E-state index in [0.717, 1.165) is 18.8 Å². The largest absolute Gasteiger partial charge is 0.380 e. The lowest BCUT2D eigenvalue weighted by atomic mass is 9.70. The Hall–Kier alpha value is -0.0800. The molecule has 78 valence electrons. The van der Waals surface area contributed by atoms with Crippen LogP contribution in [0.5, 0.6) is 0 Å². The van der Waals surface area contributed by atoms with Gasteiger partial charge in [-0.1, -0.05) is 20.8 Å². The van der Waals surface area contributed by atoms with Gasteiger partial charge >= 0.3 is 0 Å². The van der Waals surface area contributed by atoms with Crippen molar-refractivity contribution in [2.24, 2.45) is 17.1 Å². The van der Waals surface area contributed by atoms with Crippen LogP contribution >= 0.6 is 0 Å². The standard InChI is InChI=1S/C11H23NO/c1-11(2,3)8-5-6-10(13-4)9(12)7-8/h8-10H,5-7,12H2,1-4H3. The molecule has 3 unspecified atom stereocenters. The van der Waals surface area contributed by atoms with Crippen molar-refractivity contribution in [3.8, 4) is 0 Å². The number of methoxy groups -OCH3 is 1. The van der Waals surface area contributed by atoms with Crippen molar-refractivity contribution >= 4 is 0 Å². The quantitative estimate of drug-likeness (QED) is 0.679. The summed E-state index contributed by atoms with van der Waals surface area (Å²) in [4.78, 5) is 0. The van der Waals surface area contributed by atoms with Gasteiger partial charge < -0.3 is 10.5 Å². The lowest BCUT2D eigenvalue weighted by molar-refractivity contribution is 0.0191.